The van der Waals surface area contributed by atoms with Gasteiger partial charge in [0.15, 0.2) is 5.82 Å². The lowest BCUT2D eigenvalue weighted by Gasteiger charge is -1.98. The van der Waals surface area contributed by atoms with Gasteiger partial charge in [0.2, 0.25) is 0 Å². The van der Waals surface area contributed by atoms with Gasteiger partial charge in [-0.2, -0.15) is 0 Å². The quantitative estimate of drug-likeness (QED) is 0.768. The van der Waals surface area contributed by atoms with Crippen LogP contribution in [0.15, 0.2) is 16.9 Å². The highest BCUT2D eigenvalue weighted by molar-refractivity contribution is 9.10. The molecule has 5 heteroatoms. The van der Waals surface area contributed by atoms with E-state index in [2.05, 4.69) is 20.9 Å². The summed E-state index contributed by atoms with van der Waals surface area (Å²) in [6.07, 6.45) is 2.24. The fourth-order valence-electron chi connectivity index (χ4n) is 0.647. The topological polar surface area (TPSA) is 56.0 Å². The van der Waals surface area contributed by atoms with Gasteiger partial charge in [0.1, 0.15) is 0 Å². The summed E-state index contributed by atoms with van der Waals surface area (Å²) < 4.78 is 13.0. The fraction of sp³-hybridized carbons (Fsp3) is 0. The summed E-state index contributed by atoms with van der Waals surface area (Å²) in [5.41, 5.74) is 4.71. The molecule has 1 amide bonds. The normalized spacial score (nSPS) is 9.64. The largest absolute Gasteiger partial charge is 0.365 e. The first-order chi connectivity index (χ1) is 5.13. The van der Waals surface area contributed by atoms with Crippen LogP contribution in [0, 0.1) is 5.82 Å². The zero-order valence-corrected chi connectivity index (χ0v) is 6.93. The molecule has 58 valence electrons. The van der Waals surface area contributed by atoms with E-state index >= 15 is 0 Å². The minimum absolute atomic E-state index is 0.167. The van der Waals surface area contributed by atoms with Crippen molar-refractivity contribution in [3.63, 3.8) is 0 Å². The molecule has 0 radical (unpaired) electrons. The van der Waals surface area contributed by atoms with Crippen molar-refractivity contribution in [3.05, 3.63) is 28.2 Å². The number of amides is 1. The van der Waals surface area contributed by atoms with Crippen LogP contribution in [0.25, 0.3) is 0 Å². The molecule has 1 aromatic rings. The molecule has 0 fully saturated rings. The van der Waals surface area contributed by atoms with Crippen molar-refractivity contribution in [3.8, 4) is 0 Å². The van der Waals surface area contributed by atoms with E-state index in [-0.39, 0.29) is 10.0 Å². The van der Waals surface area contributed by atoms with Crippen LogP contribution in [0.1, 0.15) is 10.4 Å². The molecule has 0 atom stereocenters. The van der Waals surface area contributed by atoms with E-state index < -0.39 is 11.7 Å². The molecule has 0 unspecified atom stereocenters. The molecule has 3 nitrogen and oxygen atoms in total. The van der Waals surface area contributed by atoms with Gasteiger partial charge in [-0.05, 0) is 15.9 Å². The number of nitrogens with two attached hydrogens (primary N) is 1. The van der Waals surface area contributed by atoms with E-state index in [0.717, 1.165) is 6.20 Å². The average molecular weight is 219 g/mol. The predicted molar refractivity (Wildman–Crippen MR) is 40.4 cm³/mol. The smallest absolute Gasteiger partial charge is 0.252 e. The second-order valence-corrected chi connectivity index (χ2v) is 2.70. The van der Waals surface area contributed by atoms with Crippen molar-refractivity contribution in [2.45, 2.75) is 0 Å². The lowest BCUT2D eigenvalue weighted by Crippen LogP contribution is -2.14. The van der Waals surface area contributed by atoms with Crippen LogP contribution in [-0.4, -0.2) is 10.9 Å². The van der Waals surface area contributed by atoms with E-state index in [0.29, 0.717) is 0 Å². The summed E-state index contributed by atoms with van der Waals surface area (Å²) >= 11 is 2.94. The summed E-state index contributed by atoms with van der Waals surface area (Å²) in [4.78, 5) is 14.1. The molecular formula is C6H4BrFN2O. The third kappa shape index (κ3) is 1.54. The zero-order chi connectivity index (χ0) is 8.43. The summed E-state index contributed by atoms with van der Waals surface area (Å²) in [5, 5.41) is 0. The Bertz CT molecular complexity index is 282. The van der Waals surface area contributed by atoms with Gasteiger partial charge < -0.3 is 5.73 Å². The number of pyridine rings is 1. The van der Waals surface area contributed by atoms with Crippen molar-refractivity contribution < 1.29 is 9.18 Å². The monoisotopic (exact) mass is 218 g/mol. The molecule has 2 N–H and O–H groups in total. The predicted octanol–water partition coefficient (Wildman–Crippen LogP) is 1.08. The molecule has 0 saturated carbocycles. The Balaban J connectivity index is 3.32. The standard InChI is InChI=1S/C6H4BrFN2O/c7-3-1-10-2-4(8)5(3)6(9)11/h1-2H,(H2,9,11). The Kier molecular flexibility index (Phi) is 2.19. The number of hydrogen-bond acceptors (Lipinski definition) is 2. The van der Waals surface area contributed by atoms with Gasteiger partial charge >= 0.3 is 0 Å². The SMILES string of the molecule is NC(=O)c1c(F)cncc1Br. The minimum atomic E-state index is -0.809. The summed E-state index contributed by atoms with van der Waals surface area (Å²) in [6, 6.07) is 0. The molecule has 1 aromatic heterocycles. The van der Waals surface area contributed by atoms with Crippen molar-refractivity contribution in [2.75, 3.05) is 0 Å². The highest BCUT2D eigenvalue weighted by Crippen LogP contribution is 2.16. The lowest BCUT2D eigenvalue weighted by molar-refractivity contribution is 0.0995. The van der Waals surface area contributed by atoms with E-state index in [9.17, 15) is 9.18 Å². The number of hydrogen-bond donors (Lipinski definition) is 1. The Morgan fingerprint density at radius 1 is 1.64 bits per heavy atom. The van der Waals surface area contributed by atoms with E-state index in [1.54, 1.807) is 0 Å². The van der Waals surface area contributed by atoms with Crippen molar-refractivity contribution in [1.29, 1.82) is 0 Å². The molecule has 1 heterocycles. The van der Waals surface area contributed by atoms with Crippen LogP contribution in [0.2, 0.25) is 0 Å². The highest BCUT2D eigenvalue weighted by Gasteiger charge is 2.11. The van der Waals surface area contributed by atoms with Gasteiger partial charge in [0, 0.05) is 6.20 Å². The van der Waals surface area contributed by atoms with Gasteiger partial charge in [-0.25, -0.2) is 4.39 Å². The number of carbonyl (C=O) groups excluding carboxylic acids is 1. The number of halogens is 2. The minimum Gasteiger partial charge on any atom is -0.365 e. The Hall–Kier alpha value is -0.970. The number of primary amides is 1. The van der Waals surface area contributed by atoms with Crippen molar-refractivity contribution in [2.24, 2.45) is 5.73 Å². The molecule has 0 aliphatic carbocycles. The third-order valence-electron chi connectivity index (χ3n) is 1.10. The molecule has 0 aromatic carbocycles. The van der Waals surface area contributed by atoms with Gasteiger partial charge in [-0.1, -0.05) is 0 Å². The number of rotatable bonds is 1. The highest BCUT2D eigenvalue weighted by atomic mass is 79.9. The van der Waals surface area contributed by atoms with E-state index in [1.807, 2.05) is 0 Å². The second kappa shape index (κ2) is 2.96. The first-order valence-electron chi connectivity index (χ1n) is 2.71. The molecule has 0 spiro atoms. The summed E-state index contributed by atoms with van der Waals surface area (Å²) in [6.45, 7) is 0. The van der Waals surface area contributed by atoms with E-state index in [1.165, 1.54) is 6.20 Å². The molecule has 1 rings (SSSR count). The Morgan fingerprint density at radius 3 is 2.64 bits per heavy atom. The van der Waals surface area contributed by atoms with Crippen LogP contribution in [-0.2, 0) is 0 Å². The van der Waals surface area contributed by atoms with Gasteiger partial charge in [-0.15, -0.1) is 0 Å². The third-order valence-corrected chi connectivity index (χ3v) is 1.70. The fourth-order valence-corrected chi connectivity index (χ4v) is 1.15. The van der Waals surface area contributed by atoms with Crippen LogP contribution >= 0.6 is 15.9 Å². The molecule has 11 heavy (non-hydrogen) atoms. The van der Waals surface area contributed by atoms with Crippen LogP contribution in [0.3, 0.4) is 0 Å². The van der Waals surface area contributed by atoms with Crippen molar-refractivity contribution in [1.82, 2.24) is 4.98 Å². The molecule has 0 bridgehead atoms. The molecule has 0 saturated heterocycles. The number of aromatic nitrogens is 1. The first-order valence-corrected chi connectivity index (χ1v) is 3.51. The second-order valence-electron chi connectivity index (χ2n) is 1.84. The lowest BCUT2D eigenvalue weighted by atomic mass is 10.2. The number of nitrogens with zero attached hydrogens (tertiary/aromatic N) is 1. The Morgan fingerprint density at radius 2 is 2.27 bits per heavy atom. The maximum absolute atomic E-state index is 12.7. The maximum Gasteiger partial charge on any atom is 0.252 e. The van der Waals surface area contributed by atoms with Crippen LogP contribution in [0.5, 0.6) is 0 Å². The Labute approximate surface area is 70.6 Å². The zero-order valence-electron chi connectivity index (χ0n) is 5.34. The van der Waals surface area contributed by atoms with E-state index in [4.69, 9.17) is 5.73 Å². The molecular weight excluding hydrogens is 215 g/mol. The van der Waals surface area contributed by atoms with Gasteiger partial charge in [-0.3, -0.25) is 9.78 Å². The summed E-state index contributed by atoms with van der Waals surface area (Å²) in [7, 11) is 0. The van der Waals surface area contributed by atoms with Crippen LogP contribution in [0.4, 0.5) is 4.39 Å². The average Bonchev–Trinajstić information content (AvgIpc) is 1.85. The van der Waals surface area contributed by atoms with Crippen LogP contribution < -0.4 is 5.73 Å². The summed E-state index contributed by atoms with van der Waals surface area (Å²) in [5.74, 6) is -1.52. The van der Waals surface area contributed by atoms with Gasteiger partial charge in [0.25, 0.3) is 5.91 Å². The first kappa shape index (κ1) is 8.13. The van der Waals surface area contributed by atoms with Gasteiger partial charge in [0.05, 0.1) is 16.2 Å². The molecule has 0 aliphatic heterocycles. The maximum atomic E-state index is 12.7. The number of carbonyl (C=O) groups is 1. The van der Waals surface area contributed by atoms with Crippen molar-refractivity contribution >= 4 is 21.8 Å². The molecule has 0 aliphatic rings.